The van der Waals surface area contributed by atoms with Gasteiger partial charge in [-0.1, -0.05) is 53.0 Å². The van der Waals surface area contributed by atoms with E-state index >= 15 is 0 Å². The number of ether oxygens (including phenoxy) is 1. The van der Waals surface area contributed by atoms with Gasteiger partial charge in [-0.15, -0.1) is 0 Å². The standard InChI is InChI=1S/C15H11Cl3N2O2/c16-9-7-19-14(13(18)12(9)17)15(21)20-10-5-6-22-11-4-2-1-3-8(10)11/h1-4,7,10H,5-6H2,(H,20,21). The highest BCUT2D eigenvalue weighted by molar-refractivity contribution is 6.48. The molecule has 2 aromatic rings. The van der Waals surface area contributed by atoms with Gasteiger partial charge in [0.2, 0.25) is 0 Å². The minimum Gasteiger partial charge on any atom is -0.493 e. The molecular formula is C15H11Cl3N2O2. The number of halogens is 3. The molecule has 0 saturated carbocycles. The molecule has 1 amide bonds. The number of rotatable bonds is 2. The number of pyridine rings is 1. The Kier molecular flexibility index (Phi) is 4.43. The molecule has 3 rings (SSSR count). The number of amides is 1. The number of hydrogen-bond donors (Lipinski definition) is 1. The number of aromatic nitrogens is 1. The summed E-state index contributed by atoms with van der Waals surface area (Å²) in [7, 11) is 0. The van der Waals surface area contributed by atoms with Crippen molar-refractivity contribution in [2.45, 2.75) is 12.5 Å². The van der Waals surface area contributed by atoms with Crippen LogP contribution in [0, 0.1) is 0 Å². The zero-order valence-electron chi connectivity index (χ0n) is 11.3. The van der Waals surface area contributed by atoms with Crippen LogP contribution >= 0.6 is 34.8 Å². The summed E-state index contributed by atoms with van der Waals surface area (Å²) < 4.78 is 5.57. The highest BCUT2D eigenvalue weighted by atomic mass is 35.5. The fourth-order valence-corrected chi connectivity index (χ4v) is 2.89. The van der Waals surface area contributed by atoms with Crippen LogP contribution in [0.3, 0.4) is 0 Å². The molecule has 7 heteroatoms. The predicted molar refractivity (Wildman–Crippen MR) is 86.0 cm³/mol. The van der Waals surface area contributed by atoms with E-state index in [4.69, 9.17) is 39.5 Å². The first-order valence-corrected chi connectivity index (χ1v) is 7.73. The molecule has 0 radical (unpaired) electrons. The van der Waals surface area contributed by atoms with Crippen molar-refractivity contribution >= 4 is 40.7 Å². The van der Waals surface area contributed by atoms with E-state index < -0.39 is 5.91 Å². The van der Waals surface area contributed by atoms with E-state index in [0.29, 0.717) is 13.0 Å². The number of nitrogens with one attached hydrogen (secondary N) is 1. The summed E-state index contributed by atoms with van der Waals surface area (Å²) in [4.78, 5) is 16.4. The predicted octanol–water partition coefficient (Wildman–Crippen LogP) is 4.30. The maximum atomic E-state index is 12.4. The van der Waals surface area contributed by atoms with Crippen LogP contribution in [0.4, 0.5) is 0 Å². The van der Waals surface area contributed by atoms with E-state index in [9.17, 15) is 4.79 Å². The summed E-state index contributed by atoms with van der Waals surface area (Å²) in [5, 5.41) is 3.29. The maximum Gasteiger partial charge on any atom is 0.271 e. The molecule has 1 unspecified atom stereocenters. The summed E-state index contributed by atoms with van der Waals surface area (Å²) >= 11 is 17.8. The second-order valence-corrected chi connectivity index (χ2v) is 5.95. The number of carbonyl (C=O) groups excluding carboxylic acids is 1. The highest BCUT2D eigenvalue weighted by Crippen LogP contribution is 2.33. The Bertz CT molecular complexity index is 737. The second kappa shape index (κ2) is 6.32. The Labute approximate surface area is 142 Å². The lowest BCUT2D eigenvalue weighted by Crippen LogP contribution is -2.32. The minimum atomic E-state index is -0.398. The Balaban J connectivity index is 1.86. The Morgan fingerprint density at radius 1 is 1.23 bits per heavy atom. The van der Waals surface area contributed by atoms with Crippen molar-refractivity contribution in [3.8, 4) is 5.75 Å². The van der Waals surface area contributed by atoms with E-state index in [1.807, 2.05) is 24.3 Å². The quantitative estimate of drug-likeness (QED) is 0.872. The van der Waals surface area contributed by atoms with Gasteiger partial charge in [0, 0.05) is 18.2 Å². The summed E-state index contributed by atoms with van der Waals surface area (Å²) in [6.07, 6.45) is 1.98. The molecule has 1 aromatic heterocycles. The number of fused-ring (bicyclic) bond motifs is 1. The molecular weight excluding hydrogens is 347 g/mol. The summed E-state index contributed by atoms with van der Waals surface area (Å²) in [6, 6.07) is 7.42. The number of carbonyl (C=O) groups is 1. The van der Waals surface area contributed by atoms with E-state index in [2.05, 4.69) is 10.3 Å². The first-order valence-electron chi connectivity index (χ1n) is 6.60. The smallest absolute Gasteiger partial charge is 0.271 e. The summed E-state index contributed by atoms with van der Waals surface area (Å²) in [5.74, 6) is 0.373. The third-order valence-electron chi connectivity index (χ3n) is 3.40. The van der Waals surface area contributed by atoms with Gasteiger partial charge in [-0.3, -0.25) is 4.79 Å². The first-order chi connectivity index (χ1) is 10.6. The molecule has 4 nitrogen and oxygen atoms in total. The average molecular weight is 358 g/mol. The highest BCUT2D eigenvalue weighted by Gasteiger charge is 2.25. The van der Waals surface area contributed by atoms with Crippen molar-refractivity contribution in [2.24, 2.45) is 0 Å². The SMILES string of the molecule is O=C(NC1CCOc2ccccc21)c1ncc(Cl)c(Cl)c1Cl. The number of hydrogen-bond acceptors (Lipinski definition) is 3. The van der Waals surface area contributed by atoms with Crippen LogP contribution in [-0.2, 0) is 0 Å². The maximum absolute atomic E-state index is 12.4. The Morgan fingerprint density at radius 2 is 2.00 bits per heavy atom. The molecule has 114 valence electrons. The molecule has 1 aliphatic rings. The Morgan fingerprint density at radius 3 is 2.82 bits per heavy atom. The van der Waals surface area contributed by atoms with Crippen LogP contribution in [0.2, 0.25) is 15.1 Å². The molecule has 0 fully saturated rings. The van der Waals surface area contributed by atoms with Crippen LogP contribution in [-0.4, -0.2) is 17.5 Å². The number of nitrogens with zero attached hydrogens (tertiary/aromatic N) is 1. The van der Waals surface area contributed by atoms with Crippen LogP contribution in [0.1, 0.15) is 28.5 Å². The lowest BCUT2D eigenvalue weighted by Gasteiger charge is -2.26. The van der Waals surface area contributed by atoms with Gasteiger partial charge in [-0.05, 0) is 6.07 Å². The van der Waals surface area contributed by atoms with Gasteiger partial charge in [-0.2, -0.15) is 0 Å². The van der Waals surface area contributed by atoms with E-state index in [-0.39, 0.29) is 26.8 Å². The van der Waals surface area contributed by atoms with Gasteiger partial charge in [-0.25, -0.2) is 4.98 Å². The van der Waals surface area contributed by atoms with Crippen molar-refractivity contribution in [3.63, 3.8) is 0 Å². The average Bonchev–Trinajstić information content (AvgIpc) is 2.53. The number of benzene rings is 1. The molecule has 1 aromatic carbocycles. The van der Waals surface area contributed by atoms with Crippen molar-refractivity contribution in [2.75, 3.05) is 6.61 Å². The molecule has 0 spiro atoms. The van der Waals surface area contributed by atoms with Gasteiger partial charge >= 0.3 is 0 Å². The van der Waals surface area contributed by atoms with E-state index in [1.165, 1.54) is 6.20 Å². The fourth-order valence-electron chi connectivity index (χ4n) is 2.32. The van der Waals surface area contributed by atoms with Crippen molar-refractivity contribution in [3.05, 3.63) is 56.8 Å². The zero-order chi connectivity index (χ0) is 15.7. The van der Waals surface area contributed by atoms with Gasteiger partial charge in [0.15, 0.2) is 0 Å². The third-order valence-corrected chi connectivity index (χ3v) is 4.64. The zero-order valence-corrected chi connectivity index (χ0v) is 13.5. The monoisotopic (exact) mass is 356 g/mol. The molecule has 22 heavy (non-hydrogen) atoms. The summed E-state index contributed by atoms with van der Waals surface area (Å²) in [6.45, 7) is 0.532. The van der Waals surface area contributed by atoms with Crippen LogP contribution in [0.5, 0.6) is 5.75 Å². The minimum absolute atomic E-state index is 0.0482. The lowest BCUT2D eigenvalue weighted by molar-refractivity contribution is 0.0920. The molecule has 1 N–H and O–H groups in total. The summed E-state index contributed by atoms with van der Waals surface area (Å²) in [5.41, 5.74) is 0.985. The van der Waals surface area contributed by atoms with Gasteiger partial charge in [0.05, 0.1) is 27.7 Å². The van der Waals surface area contributed by atoms with Crippen LogP contribution < -0.4 is 10.1 Å². The Hall–Kier alpha value is -1.49. The van der Waals surface area contributed by atoms with Gasteiger partial charge < -0.3 is 10.1 Å². The molecule has 1 atom stereocenters. The second-order valence-electron chi connectivity index (χ2n) is 4.78. The van der Waals surface area contributed by atoms with E-state index in [1.54, 1.807) is 0 Å². The van der Waals surface area contributed by atoms with Crippen molar-refractivity contribution in [1.29, 1.82) is 0 Å². The van der Waals surface area contributed by atoms with Crippen molar-refractivity contribution < 1.29 is 9.53 Å². The molecule has 0 bridgehead atoms. The van der Waals surface area contributed by atoms with Gasteiger partial charge in [0.1, 0.15) is 11.4 Å². The molecule has 2 heterocycles. The van der Waals surface area contributed by atoms with E-state index in [0.717, 1.165) is 11.3 Å². The lowest BCUT2D eigenvalue weighted by atomic mass is 10.0. The third kappa shape index (κ3) is 2.86. The molecule has 0 saturated heterocycles. The topological polar surface area (TPSA) is 51.2 Å². The van der Waals surface area contributed by atoms with Gasteiger partial charge in [0.25, 0.3) is 5.91 Å². The fraction of sp³-hybridized carbons (Fsp3) is 0.200. The van der Waals surface area contributed by atoms with Crippen LogP contribution in [0.25, 0.3) is 0 Å². The first kappa shape index (κ1) is 15.4. The number of para-hydroxylation sites is 1. The van der Waals surface area contributed by atoms with Crippen LogP contribution in [0.15, 0.2) is 30.5 Å². The van der Waals surface area contributed by atoms with Crippen molar-refractivity contribution in [1.82, 2.24) is 10.3 Å². The normalized spacial score (nSPS) is 16.6. The largest absolute Gasteiger partial charge is 0.493 e. The molecule has 0 aliphatic carbocycles. The molecule has 1 aliphatic heterocycles.